The van der Waals surface area contributed by atoms with Crippen molar-refractivity contribution >= 4 is 32.1 Å². The van der Waals surface area contributed by atoms with Crippen molar-refractivity contribution in [3.05, 3.63) is 33.4 Å². The Morgan fingerprint density at radius 3 is 2.68 bits per heavy atom. The molecular weight excluding hydrogens is 373 g/mol. The molecule has 2 aromatic rings. The fourth-order valence-electron chi connectivity index (χ4n) is 1.76. The molecule has 1 aromatic carbocycles. The van der Waals surface area contributed by atoms with Gasteiger partial charge < -0.3 is 0 Å². The molecule has 0 bridgehead atoms. The standard InChI is InChI=1S/C15H16ClNO4Se/c1-8(2)7-21-12-4-3-9(5-10(12)16)14-17-11(6-18)13(22-14)15(19)20/h3-5,8,18H,6-7H2,1-2H3,(H,19,20). The van der Waals surface area contributed by atoms with E-state index in [1.807, 2.05) is 19.9 Å². The Balaban J connectivity index is 2.30. The van der Waals surface area contributed by atoms with Gasteiger partial charge in [0.1, 0.15) is 0 Å². The summed E-state index contributed by atoms with van der Waals surface area (Å²) in [7, 11) is 0. The molecule has 0 radical (unpaired) electrons. The molecule has 0 saturated carbocycles. The molecule has 0 aliphatic heterocycles. The van der Waals surface area contributed by atoms with Gasteiger partial charge in [-0.15, -0.1) is 0 Å². The predicted molar refractivity (Wildman–Crippen MR) is 84.8 cm³/mol. The van der Waals surface area contributed by atoms with Gasteiger partial charge in [-0.1, -0.05) is 0 Å². The number of halogens is 1. The van der Waals surface area contributed by atoms with E-state index >= 15 is 0 Å². The minimum absolute atomic E-state index is 0.182. The van der Waals surface area contributed by atoms with Crippen LogP contribution in [0.25, 0.3) is 10.1 Å². The Labute approximate surface area is 139 Å². The van der Waals surface area contributed by atoms with Crippen LogP contribution in [0.4, 0.5) is 0 Å². The number of nitrogens with zero attached hydrogens (tertiary/aromatic N) is 1. The summed E-state index contributed by atoms with van der Waals surface area (Å²) in [6.07, 6.45) is 0. The van der Waals surface area contributed by atoms with Crippen LogP contribution in [0.2, 0.25) is 5.02 Å². The Morgan fingerprint density at radius 1 is 1.45 bits per heavy atom. The number of rotatable bonds is 6. The summed E-state index contributed by atoms with van der Waals surface area (Å²) < 4.78 is 6.43. The second-order valence-corrected chi connectivity index (χ2v) is 7.61. The quantitative estimate of drug-likeness (QED) is 0.744. The van der Waals surface area contributed by atoms with E-state index in [1.165, 1.54) is 0 Å². The first kappa shape index (κ1) is 17.0. The fraction of sp³-hybridized carbons (Fsp3) is 0.333. The zero-order chi connectivity index (χ0) is 16.3. The Kier molecular flexibility index (Phi) is 5.64. The molecule has 22 heavy (non-hydrogen) atoms. The minimum atomic E-state index is -1.04. The third-order valence-corrected chi connectivity index (χ3v) is 5.47. The van der Waals surface area contributed by atoms with E-state index in [9.17, 15) is 9.90 Å². The molecule has 1 aromatic heterocycles. The molecule has 0 aliphatic rings. The van der Waals surface area contributed by atoms with Crippen LogP contribution >= 0.6 is 11.6 Å². The first-order chi connectivity index (χ1) is 10.4. The fourth-order valence-corrected chi connectivity index (χ4v) is 3.90. The number of aliphatic hydroxyl groups is 1. The van der Waals surface area contributed by atoms with E-state index in [0.29, 0.717) is 27.9 Å². The van der Waals surface area contributed by atoms with Crippen molar-refractivity contribution in [2.45, 2.75) is 20.5 Å². The summed E-state index contributed by atoms with van der Waals surface area (Å²) >= 11 is 5.76. The molecular formula is C15H16ClNO4Se. The monoisotopic (exact) mass is 389 g/mol. The SMILES string of the molecule is CC(C)COc1ccc(-c2nc(CO)c(C(=O)O)[se]2)cc1Cl. The molecule has 2 rings (SSSR count). The van der Waals surface area contributed by atoms with Gasteiger partial charge in [0.25, 0.3) is 0 Å². The molecule has 0 amide bonds. The van der Waals surface area contributed by atoms with E-state index < -0.39 is 20.5 Å². The van der Waals surface area contributed by atoms with Gasteiger partial charge in [-0.2, -0.15) is 0 Å². The van der Waals surface area contributed by atoms with Crippen LogP contribution in [0, 0.1) is 5.92 Å². The summed E-state index contributed by atoms with van der Waals surface area (Å²) in [5, 5.41) is 18.8. The van der Waals surface area contributed by atoms with Gasteiger partial charge in [-0.25, -0.2) is 0 Å². The first-order valence-corrected chi connectivity index (χ1v) is 8.78. The number of carboxylic acid groups (broad SMARTS) is 1. The third kappa shape index (κ3) is 3.90. The summed E-state index contributed by atoms with van der Waals surface area (Å²) in [6.45, 7) is 4.29. The topological polar surface area (TPSA) is 79.7 Å². The van der Waals surface area contributed by atoms with Gasteiger partial charge in [0.15, 0.2) is 0 Å². The molecule has 0 saturated heterocycles. The molecule has 5 nitrogen and oxygen atoms in total. The van der Waals surface area contributed by atoms with Gasteiger partial charge in [0.2, 0.25) is 0 Å². The van der Waals surface area contributed by atoms with Crippen LogP contribution in [0.15, 0.2) is 18.2 Å². The molecule has 7 heteroatoms. The number of carbonyl (C=O) groups is 1. The van der Waals surface area contributed by atoms with Crippen molar-refractivity contribution in [1.82, 2.24) is 4.98 Å². The van der Waals surface area contributed by atoms with Gasteiger partial charge in [-0.3, -0.25) is 0 Å². The zero-order valence-electron chi connectivity index (χ0n) is 12.2. The van der Waals surface area contributed by atoms with Crippen molar-refractivity contribution in [1.29, 1.82) is 0 Å². The van der Waals surface area contributed by atoms with Crippen LogP contribution < -0.4 is 4.74 Å². The van der Waals surface area contributed by atoms with Crippen LogP contribution in [-0.2, 0) is 6.61 Å². The van der Waals surface area contributed by atoms with E-state index in [2.05, 4.69) is 4.98 Å². The van der Waals surface area contributed by atoms with Crippen molar-refractivity contribution in [3.8, 4) is 15.9 Å². The van der Waals surface area contributed by atoms with Crippen molar-refractivity contribution in [3.63, 3.8) is 0 Å². The Hall–Kier alpha value is -1.33. The predicted octanol–water partition coefficient (Wildman–Crippen LogP) is 2.68. The normalized spacial score (nSPS) is 11.0. The van der Waals surface area contributed by atoms with Crippen LogP contribution in [-0.4, -0.2) is 42.3 Å². The van der Waals surface area contributed by atoms with E-state index in [0.717, 1.165) is 5.56 Å². The number of hydrogen-bond acceptors (Lipinski definition) is 4. The number of carboxylic acids is 1. The van der Waals surface area contributed by atoms with Crippen molar-refractivity contribution in [2.75, 3.05) is 6.61 Å². The molecule has 0 atom stereocenters. The molecule has 2 N–H and O–H groups in total. The van der Waals surface area contributed by atoms with Crippen molar-refractivity contribution < 1.29 is 19.7 Å². The summed E-state index contributed by atoms with van der Waals surface area (Å²) in [5.41, 5.74) is 0.975. The molecule has 0 fully saturated rings. The molecule has 0 unspecified atom stereocenters. The number of ether oxygens (including phenoxy) is 1. The zero-order valence-corrected chi connectivity index (χ0v) is 14.6. The molecule has 0 aliphatic carbocycles. The molecule has 118 valence electrons. The van der Waals surface area contributed by atoms with E-state index in [-0.39, 0.29) is 16.7 Å². The maximum absolute atomic E-state index is 11.1. The van der Waals surface area contributed by atoms with Crippen LogP contribution in [0.5, 0.6) is 5.75 Å². The Bertz CT molecular complexity index is 684. The van der Waals surface area contributed by atoms with Gasteiger partial charge in [-0.05, 0) is 0 Å². The summed E-state index contributed by atoms with van der Waals surface area (Å²) in [6, 6.07) is 5.29. The average Bonchev–Trinajstić information content (AvgIpc) is 2.90. The third-order valence-electron chi connectivity index (χ3n) is 2.79. The summed E-state index contributed by atoms with van der Waals surface area (Å²) in [5.74, 6) is -0.0440. The average molecular weight is 389 g/mol. The second kappa shape index (κ2) is 7.29. The first-order valence-electron chi connectivity index (χ1n) is 6.69. The second-order valence-electron chi connectivity index (χ2n) is 5.11. The number of aromatic nitrogens is 1. The van der Waals surface area contributed by atoms with Crippen LogP contribution in [0.3, 0.4) is 0 Å². The maximum atomic E-state index is 11.1. The molecule has 0 spiro atoms. The number of aliphatic hydroxyl groups excluding tert-OH is 1. The molecule has 1 heterocycles. The summed E-state index contributed by atoms with van der Waals surface area (Å²) in [4.78, 5) is 15.4. The number of aromatic carboxylic acids is 1. The number of benzene rings is 1. The van der Waals surface area contributed by atoms with Crippen molar-refractivity contribution in [2.24, 2.45) is 5.92 Å². The van der Waals surface area contributed by atoms with Crippen LogP contribution in [0.1, 0.15) is 28.8 Å². The van der Waals surface area contributed by atoms with E-state index in [4.69, 9.17) is 21.4 Å². The van der Waals surface area contributed by atoms with Gasteiger partial charge in [0.05, 0.1) is 0 Å². The van der Waals surface area contributed by atoms with Gasteiger partial charge in [0, 0.05) is 0 Å². The number of hydrogen-bond donors (Lipinski definition) is 2. The van der Waals surface area contributed by atoms with Gasteiger partial charge >= 0.3 is 139 Å². The Morgan fingerprint density at radius 2 is 2.18 bits per heavy atom. The van der Waals surface area contributed by atoms with E-state index in [1.54, 1.807) is 12.1 Å².